The van der Waals surface area contributed by atoms with Gasteiger partial charge in [-0.3, -0.25) is 4.79 Å². The van der Waals surface area contributed by atoms with Gasteiger partial charge in [0.2, 0.25) is 0 Å². The normalized spacial score (nSPS) is 11.5. The van der Waals surface area contributed by atoms with Crippen LogP contribution in [0.3, 0.4) is 0 Å². The zero-order valence-electron chi connectivity index (χ0n) is 19.2. The van der Waals surface area contributed by atoms with Crippen LogP contribution in [-0.4, -0.2) is 29.1 Å². The molecule has 0 amide bonds. The largest absolute Gasteiger partial charge is 0.481 e. The van der Waals surface area contributed by atoms with Gasteiger partial charge >= 0.3 is 5.97 Å². The van der Waals surface area contributed by atoms with Crippen LogP contribution in [0.15, 0.2) is 54.8 Å². The van der Waals surface area contributed by atoms with Crippen molar-refractivity contribution < 1.29 is 9.90 Å². The number of carbonyl (C=O) groups is 1. The fraction of sp³-hybridized carbons (Fsp3) is 0.296. The number of aromatic amines is 1. The summed E-state index contributed by atoms with van der Waals surface area (Å²) in [5.41, 5.74) is 5.80. The Bertz CT molecular complexity index is 1010. The highest BCUT2D eigenvalue weighted by Gasteiger charge is 2.15. The average molecular weight is 453 g/mol. The summed E-state index contributed by atoms with van der Waals surface area (Å²) in [5.74, 6) is 1.77. The van der Waals surface area contributed by atoms with Crippen LogP contribution in [0.25, 0.3) is 5.57 Å². The van der Waals surface area contributed by atoms with E-state index in [1.54, 1.807) is 18.3 Å². The van der Waals surface area contributed by atoms with Crippen LogP contribution in [0.2, 0.25) is 0 Å². The van der Waals surface area contributed by atoms with Gasteiger partial charge in [0, 0.05) is 29.0 Å². The Morgan fingerprint density at radius 2 is 2.06 bits per heavy atom. The lowest BCUT2D eigenvalue weighted by Gasteiger charge is -2.15. The van der Waals surface area contributed by atoms with E-state index in [-0.39, 0.29) is 6.42 Å². The number of terminal acetylenes is 1. The summed E-state index contributed by atoms with van der Waals surface area (Å²) in [6.07, 6.45) is 16.0. The van der Waals surface area contributed by atoms with Crippen LogP contribution in [0.5, 0.6) is 0 Å². The van der Waals surface area contributed by atoms with E-state index in [2.05, 4.69) is 35.4 Å². The molecule has 0 aliphatic heterocycles. The van der Waals surface area contributed by atoms with Crippen LogP contribution in [0, 0.1) is 26.2 Å². The first-order chi connectivity index (χ1) is 15.2. The summed E-state index contributed by atoms with van der Waals surface area (Å²) in [6, 6.07) is 2.06. The zero-order valence-corrected chi connectivity index (χ0v) is 20.0. The minimum atomic E-state index is -0.916. The van der Waals surface area contributed by atoms with Gasteiger partial charge in [-0.05, 0) is 80.1 Å². The number of aromatic nitrogens is 1. The Morgan fingerprint density at radius 1 is 1.34 bits per heavy atom. The second kappa shape index (κ2) is 14.1. The van der Waals surface area contributed by atoms with Crippen molar-refractivity contribution in [2.45, 2.75) is 40.0 Å². The van der Waals surface area contributed by atoms with E-state index < -0.39 is 5.97 Å². The smallest absolute Gasteiger partial charge is 0.307 e. The number of nitrogens with one attached hydrogen (secondary N) is 2. The Balaban J connectivity index is 3.94. The van der Waals surface area contributed by atoms with E-state index in [4.69, 9.17) is 18.0 Å². The molecule has 0 bridgehead atoms. The number of carboxylic acid groups (broad SMARTS) is 1. The molecule has 0 aromatic carbocycles. The van der Waals surface area contributed by atoms with Crippen LogP contribution >= 0.6 is 11.6 Å². The van der Waals surface area contributed by atoms with Gasteiger partial charge in [0.25, 0.3) is 0 Å². The summed E-state index contributed by atoms with van der Waals surface area (Å²) in [5, 5.41) is 13.5. The van der Waals surface area contributed by atoms with Gasteiger partial charge in [-0.15, -0.1) is 13.0 Å². The Kier molecular flexibility index (Phi) is 11.9. The molecular weight excluding hydrogens is 420 g/mol. The number of allylic oxidation sites excluding steroid dienone is 5. The number of aliphatic carboxylic acids is 1. The third-order valence-corrected chi connectivity index (χ3v) is 5.25. The maximum atomic E-state index is 11.8. The van der Waals surface area contributed by atoms with Crippen molar-refractivity contribution in [3.63, 3.8) is 0 Å². The molecule has 0 unspecified atom stereocenters. The van der Waals surface area contributed by atoms with Crippen molar-refractivity contribution in [3.8, 4) is 12.3 Å². The van der Waals surface area contributed by atoms with Gasteiger partial charge in [-0.1, -0.05) is 42.3 Å². The van der Waals surface area contributed by atoms with Crippen molar-refractivity contribution in [2.75, 3.05) is 13.1 Å². The molecule has 0 atom stereocenters. The first kappa shape index (κ1) is 27.0. The van der Waals surface area contributed by atoms with E-state index in [1.165, 1.54) is 0 Å². The number of rotatable bonds is 11. The number of halogens is 1. The van der Waals surface area contributed by atoms with E-state index >= 15 is 0 Å². The highest BCUT2D eigenvalue weighted by Crippen LogP contribution is 2.28. The van der Waals surface area contributed by atoms with Crippen molar-refractivity contribution in [2.24, 2.45) is 0 Å². The molecule has 0 saturated heterocycles. The second-order valence-electron chi connectivity index (χ2n) is 7.45. The van der Waals surface area contributed by atoms with Gasteiger partial charge in [0.1, 0.15) is 0 Å². The van der Waals surface area contributed by atoms with E-state index in [0.717, 1.165) is 53.9 Å². The summed E-state index contributed by atoms with van der Waals surface area (Å²) in [4.78, 5) is 15.1. The van der Waals surface area contributed by atoms with Crippen molar-refractivity contribution in [1.29, 1.82) is 0 Å². The van der Waals surface area contributed by atoms with Crippen molar-refractivity contribution >= 4 is 23.1 Å². The summed E-state index contributed by atoms with van der Waals surface area (Å²) < 4.78 is 0. The van der Waals surface area contributed by atoms with Crippen LogP contribution < -0.4 is 5.32 Å². The minimum absolute atomic E-state index is 0.143. The molecule has 1 aromatic rings. The quantitative estimate of drug-likeness (QED) is 0.172. The molecule has 3 N–H and O–H groups in total. The van der Waals surface area contributed by atoms with Gasteiger partial charge in [-0.2, -0.15) is 0 Å². The number of aryl methyl sites for hydroxylation is 2. The SMILES string of the molecule is C#Cc1c[nH]c(C)cc(CCCNCC=C)c(/C(C)=C/C=C(/Cl)C=C)c(CC(=O)O)c1C. The first-order valence-corrected chi connectivity index (χ1v) is 10.9. The van der Waals surface area contributed by atoms with Crippen molar-refractivity contribution in [1.82, 2.24) is 10.3 Å². The van der Waals surface area contributed by atoms with Crippen molar-refractivity contribution in [3.05, 3.63) is 88.3 Å². The molecule has 1 rings (SSSR count). The lowest BCUT2D eigenvalue weighted by atomic mass is 9.89. The fourth-order valence-electron chi connectivity index (χ4n) is 3.39. The summed E-state index contributed by atoms with van der Waals surface area (Å²) >= 11 is 6.12. The molecule has 0 saturated carbocycles. The Hall–Kier alpha value is -3.00. The number of hydrogen-bond donors (Lipinski definition) is 3. The lowest BCUT2D eigenvalue weighted by Crippen LogP contribution is -2.15. The van der Waals surface area contributed by atoms with Crippen LogP contribution in [0.4, 0.5) is 0 Å². The molecule has 32 heavy (non-hydrogen) atoms. The monoisotopic (exact) mass is 452 g/mol. The van der Waals surface area contributed by atoms with Crippen LogP contribution in [-0.2, 0) is 17.6 Å². The molecule has 5 heteroatoms. The fourth-order valence-corrected chi connectivity index (χ4v) is 3.45. The van der Waals surface area contributed by atoms with E-state index in [1.807, 2.05) is 32.9 Å². The highest BCUT2D eigenvalue weighted by atomic mass is 35.5. The molecule has 0 spiro atoms. The standard InChI is InChI=1S/C27H33ClN2O2/c1-7-14-29-15-10-11-23-16-20(5)30-18-22(8-2)21(6)25(17-26(31)32)27(23)19(4)12-13-24(28)9-3/h2,7,9,12-13,16,18,29-30H,1,3,10-11,14-15,17H2,4-6H3,(H,31,32)/b19-12+,20-16?,22-18?,24-13+,25-21?,27-23?. The highest BCUT2D eigenvalue weighted by molar-refractivity contribution is 6.31. The van der Waals surface area contributed by atoms with E-state index in [0.29, 0.717) is 16.2 Å². The molecule has 1 heterocycles. The lowest BCUT2D eigenvalue weighted by molar-refractivity contribution is -0.136. The van der Waals surface area contributed by atoms with Crippen LogP contribution in [0.1, 0.15) is 46.9 Å². The van der Waals surface area contributed by atoms with Gasteiger partial charge < -0.3 is 15.4 Å². The van der Waals surface area contributed by atoms with Gasteiger partial charge in [0.15, 0.2) is 0 Å². The summed E-state index contributed by atoms with van der Waals surface area (Å²) in [6.45, 7) is 14.8. The second-order valence-corrected chi connectivity index (χ2v) is 7.89. The predicted molar refractivity (Wildman–Crippen MR) is 136 cm³/mol. The molecule has 4 nitrogen and oxygen atoms in total. The number of hydrogen-bond acceptors (Lipinski definition) is 2. The first-order valence-electron chi connectivity index (χ1n) is 10.5. The number of H-pyrrole nitrogens is 1. The molecule has 0 aliphatic rings. The van der Waals surface area contributed by atoms with E-state index in [9.17, 15) is 9.90 Å². The maximum Gasteiger partial charge on any atom is 0.307 e. The predicted octanol–water partition coefficient (Wildman–Crippen LogP) is 5.78. The average Bonchev–Trinajstić information content (AvgIpc) is 2.80. The molecule has 1 aromatic heterocycles. The molecule has 170 valence electrons. The molecule has 0 aliphatic carbocycles. The third-order valence-electron chi connectivity index (χ3n) is 4.97. The van der Waals surface area contributed by atoms with Gasteiger partial charge in [0.05, 0.1) is 6.42 Å². The maximum absolute atomic E-state index is 11.8. The summed E-state index contributed by atoms with van der Waals surface area (Å²) in [7, 11) is 0. The Labute approximate surface area is 197 Å². The third kappa shape index (κ3) is 8.63. The topological polar surface area (TPSA) is 65.1 Å². The zero-order chi connectivity index (χ0) is 24.1. The van der Waals surface area contributed by atoms with Gasteiger partial charge in [-0.25, -0.2) is 0 Å². The number of carboxylic acids is 1. The molecular formula is C27H33ClN2O2. The minimum Gasteiger partial charge on any atom is -0.481 e. The Morgan fingerprint density at radius 3 is 2.66 bits per heavy atom. The molecule has 0 radical (unpaired) electrons. The molecule has 0 fully saturated rings.